The summed E-state index contributed by atoms with van der Waals surface area (Å²) < 4.78 is 9.38. The number of carbonyl (C=O) groups excluding carboxylic acids is 1. The first-order chi connectivity index (χ1) is 6.24. The van der Waals surface area contributed by atoms with E-state index in [9.17, 15) is 4.79 Å². The summed E-state index contributed by atoms with van der Waals surface area (Å²) in [5, 5.41) is 0. The molecule has 0 aliphatic heterocycles. The zero-order valence-corrected chi connectivity index (χ0v) is 7.32. The first kappa shape index (κ1) is 9.38. The summed E-state index contributed by atoms with van der Waals surface area (Å²) in [5.41, 5.74) is 5.94. The van der Waals surface area contributed by atoms with Crippen molar-refractivity contribution in [3.63, 3.8) is 0 Å². The molecule has 2 N–H and O–H groups in total. The van der Waals surface area contributed by atoms with E-state index in [0.717, 1.165) is 0 Å². The summed E-state index contributed by atoms with van der Waals surface area (Å²) in [5.74, 6) is 0.320. The van der Waals surface area contributed by atoms with Gasteiger partial charge in [0.2, 0.25) is 0 Å². The van der Waals surface area contributed by atoms with Crippen LogP contribution in [0.15, 0.2) is 24.3 Å². The van der Waals surface area contributed by atoms with E-state index in [1.807, 2.05) is 0 Å². The second kappa shape index (κ2) is 4.35. The summed E-state index contributed by atoms with van der Waals surface area (Å²) in [7, 11) is 0. The maximum absolute atomic E-state index is 10.9. The molecule has 0 radical (unpaired) electrons. The molecule has 0 bridgehead atoms. The SMILES string of the molecule is CCOC(=O)Oc1ccccc1N. The lowest BCUT2D eigenvalue weighted by molar-refractivity contribution is 0.104. The monoisotopic (exact) mass is 181 g/mol. The van der Waals surface area contributed by atoms with E-state index in [1.165, 1.54) is 0 Å². The number of para-hydroxylation sites is 2. The molecule has 0 saturated carbocycles. The second-order valence-electron chi connectivity index (χ2n) is 2.32. The molecule has 0 spiro atoms. The number of hydrogen-bond donors (Lipinski definition) is 1. The molecule has 1 aromatic carbocycles. The number of nitrogens with two attached hydrogens (primary N) is 1. The third kappa shape index (κ3) is 2.66. The van der Waals surface area contributed by atoms with Crippen LogP contribution in [0.3, 0.4) is 0 Å². The van der Waals surface area contributed by atoms with Crippen LogP contribution in [0.5, 0.6) is 5.75 Å². The average molecular weight is 181 g/mol. The Balaban J connectivity index is 2.63. The number of ether oxygens (including phenoxy) is 2. The number of hydrogen-bond acceptors (Lipinski definition) is 4. The minimum atomic E-state index is -0.736. The lowest BCUT2D eigenvalue weighted by atomic mass is 10.3. The van der Waals surface area contributed by atoms with Gasteiger partial charge in [-0.05, 0) is 19.1 Å². The molecule has 0 aromatic heterocycles. The normalized spacial score (nSPS) is 9.31. The molecule has 0 atom stereocenters. The Labute approximate surface area is 76.3 Å². The van der Waals surface area contributed by atoms with Crippen molar-refractivity contribution in [2.24, 2.45) is 0 Å². The van der Waals surface area contributed by atoms with Crippen LogP contribution >= 0.6 is 0 Å². The van der Waals surface area contributed by atoms with Crippen LogP contribution in [0.25, 0.3) is 0 Å². The fraction of sp³-hybridized carbons (Fsp3) is 0.222. The molecule has 1 aromatic rings. The minimum Gasteiger partial charge on any atom is -0.434 e. The highest BCUT2D eigenvalue weighted by molar-refractivity contribution is 5.67. The summed E-state index contributed by atoms with van der Waals surface area (Å²) in [6.07, 6.45) is -0.736. The molecular weight excluding hydrogens is 170 g/mol. The van der Waals surface area contributed by atoms with Crippen molar-refractivity contribution >= 4 is 11.8 Å². The molecular formula is C9H11NO3. The summed E-state index contributed by atoms with van der Waals surface area (Å²) in [6.45, 7) is 1.99. The smallest absolute Gasteiger partial charge is 0.434 e. The molecule has 0 fully saturated rings. The topological polar surface area (TPSA) is 61.5 Å². The fourth-order valence-corrected chi connectivity index (χ4v) is 0.811. The zero-order chi connectivity index (χ0) is 9.68. The van der Waals surface area contributed by atoms with Crippen molar-refractivity contribution < 1.29 is 14.3 Å². The second-order valence-corrected chi connectivity index (χ2v) is 2.32. The van der Waals surface area contributed by atoms with E-state index in [4.69, 9.17) is 10.5 Å². The van der Waals surface area contributed by atoms with Gasteiger partial charge >= 0.3 is 6.16 Å². The van der Waals surface area contributed by atoms with E-state index < -0.39 is 6.16 Å². The van der Waals surface area contributed by atoms with Gasteiger partial charge in [0.15, 0.2) is 5.75 Å². The molecule has 0 unspecified atom stereocenters. The van der Waals surface area contributed by atoms with Gasteiger partial charge in [-0.1, -0.05) is 12.1 Å². The number of rotatable bonds is 2. The fourth-order valence-electron chi connectivity index (χ4n) is 0.811. The molecule has 0 amide bonds. The number of carbonyl (C=O) groups is 1. The molecule has 4 nitrogen and oxygen atoms in total. The van der Waals surface area contributed by atoms with Crippen molar-refractivity contribution in [1.82, 2.24) is 0 Å². The van der Waals surface area contributed by atoms with Crippen LogP contribution in [-0.2, 0) is 4.74 Å². The standard InChI is InChI=1S/C9H11NO3/c1-2-12-9(11)13-8-6-4-3-5-7(8)10/h3-6H,2,10H2,1H3. The van der Waals surface area contributed by atoms with Crippen molar-refractivity contribution in [2.75, 3.05) is 12.3 Å². The Morgan fingerprint density at radius 3 is 2.77 bits per heavy atom. The zero-order valence-electron chi connectivity index (χ0n) is 7.32. The Morgan fingerprint density at radius 1 is 1.46 bits per heavy atom. The number of anilines is 1. The van der Waals surface area contributed by atoms with Crippen LogP contribution in [0, 0.1) is 0 Å². The van der Waals surface area contributed by atoms with Gasteiger partial charge in [0.25, 0.3) is 0 Å². The van der Waals surface area contributed by atoms with Crippen molar-refractivity contribution in [3.8, 4) is 5.75 Å². The third-order valence-corrected chi connectivity index (χ3v) is 1.37. The predicted octanol–water partition coefficient (Wildman–Crippen LogP) is 1.80. The van der Waals surface area contributed by atoms with Gasteiger partial charge in [-0.15, -0.1) is 0 Å². The van der Waals surface area contributed by atoms with Gasteiger partial charge in [0.05, 0.1) is 12.3 Å². The maximum atomic E-state index is 10.9. The Morgan fingerprint density at radius 2 is 2.15 bits per heavy atom. The van der Waals surface area contributed by atoms with Gasteiger partial charge in [-0.2, -0.15) is 0 Å². The van der Waals surface area contributed by atoms with Crippen molar-refractivity contribution in [3.05, 3.63) is 24.3 Å². The predicted molar refractivity (Wildman–Crippen MR) is 48.5 cm³/mol. The van der Waals surface area contributed by atoms with E-state index in [2.05, 4.69) is 4.74 Å². The molecule has 0 aliphatic rings. The van der Waals surface area contributed by atoms with Gasteiger partial charge in [-0.3, -0.25) is 0 Å². The largest absolute Gasteiger partial charge is 0.513 e. The Hall–Kier alpha value is -1.71. The lowest BCUT2D eigenvalue weighted by Crippen LogP contribution is -2.10. The summed E-state index contributed by atoms with van der Waals surface area (Å²) >= 11 is 0. The van der Waals surface area contributed by atoms with E-state index in [1.54, 1.807) is 31.2 Å². The van der Waals surface area contributed by atoms with E-state index >= 15 is 0 Å². The van der Waals surface area contributed by atoms with Crippen LogP contribution in [0.2, 0.25) is 0 Å². The molecule has 4 heteroatoms. The van der Waals surface area contributed by atoms with E-state index in [-0.39, 0.29) is 6.61 Å². The van der Waals surface area contributed by atoms with Crippen LogP contribution in [-0.4, -0.2) is 12.8 Å². The van der Waals surface area contributed by atoms with Crippen LogP contribution in [0.4, 0.5) is 10.5 Å². The van der Waals surface area contributed by atoms with Crippen molar-refractivity contribution in [2.45, 2.75) is 6.92 Å². The molecule has 0 heterocycles. The quantitative estimate of drug-likeness (QED) is 0.429. The van der Waals surface area contributed by atoms with Gasteiger partial charge in [0, 0.05) is 0 Å². The molecule has 0 saturated heterocycles. The van der Waals surface area contributed by atoms with Gasteiger partial charge in [-0.25, -0.2) is 4.79 Å². The highest BCUT2D eigenvalue weighted by Gasteiger charge is 2.06. The van der Waals surface area contributed by atoms with Crippen LogP contribution in [0.1, 0.15) is 6.92 Å². The molecule has 0 aliphatic carbocycles. The number of nitrogen functional groups attached to an aromatic ring is 1. The van der Waals surface area contributed by atoms with Crippen molar-refractivity contribution in [1.29, 1.82) is 0 Å². The molecule has 13 heavy (non-hydrogen) atoms. The van der Waals surface area contributed by atoms with E-state index in [0.29, 0.717) is 11.4 Å². The molecule has 1 rings (SSSR count). The highest BCUT2D eigenvalue weighted by Crippen LogP contribution is 2.19. The summed E-state index contributed by atoms with van der Waals surface area (Å²) in [6, 6.07) is 6.74. The van der Waals surface area contributed by atoms with Gasteiger partial charge in [0.1, 0.15) is 0 Å². The summed E-state index contributed by atoms with van der Waals surface area (Å²) in [4.78, 5) is 10.9. The lowest BCUT2D eigenvalue weighted by Gasteiger charge is -2.05. The average Bonchev–Trinajstić information content (AvgIpc) is 2.09. The van der Waals surface area contributed by atoms with Crippen LogP contribution < -0.4 is 10.5 Å². The minimum absolute atomic E-state index is 0.283. The third-order valence-electron chi connectivity index (χ3n) is 1.37. The molecule has 70 valence electrons. The van der Waals surface area contributed by atoms with Gasteiger partial charge < -0.3 is 15.2 Å². The Kier molecular flexibility index (Phi) is 3.14. The highest BCUT2D eigenvalue weighted by atomic mass is 16.7. The first-order valence-electron chi connectivity index (χ1n) is 3.93. The Bertz CT molecular complexity index is 299. The number of benzene rings is 1. The maximum Gasteiger partial charge on any atom is 0.513 e. The first-order valence-corrected chi connectivity index (χ1v) is 3.93.